The number of rotatable bonds is 9. The molecule has 0 spiro atoms. The van der Waals surface area contributed by atoms with E-state index in [-0.39, 0.29) is 0 Å². The van der Waals surface area contributed by atoms with Crippen LogP contribution in [0.4, 0.5) is 0 Å². The van der Waals surface area contributed by atoms with E-state index in [1.165, 1.54) is 12.0 Å². The van der Waals surface area contributed by atoms with Crippen LogP contribution >= 0.6 is 11.6 Å². The van der Waals surface area contributed by atoms with Crippen LogP contribution in [-0.2, 0) is 11.2 Å². The van der Waals surface area contributed by atoms with Gasteiger partial charge in [0.25, 0.3) is 0 Å². The quantitative estimate of drug-likeness (QED) is 0.697. The lowest BCUT2D eigenvalue weighted by Crippen LogP contribution is -2.31. The third kappa shape index (κ3) is 6.42. The lowest BCUT2D eigenvalue weighted by Gasteiger charge is -2.24. The summed E-state index contributed by atoms with van der Waals surface area (Å²) in [7, 11) is 1.77. The lowest BCUT2D eigenvalue weighted by atomic mass is 9.88. The van der Waals surface area contributed by atoms with Crippen LogP contribution in [-0.4, -0.2) is 26.8 Å². The van der Waals surface area contributed by atoms with Gasteiger partial charge in [0.05, 0.1) is 0 Å². The zero-order valence-corrected chi connectivity index (χ0v) is 13.0. The molecule has 108 valence electrons. The molecule has 1 rings (SSSR count). The Hall–Kier alpha value is -0.570. The lowest BCUT2D eigenvalue weighted by molar-refractivity contribution is 0.128. The van der Waals surface area contributed by atoms with Crippen molar-refractivity contribution in [1.82, 2.24) is 5.32 Å². The molecule has 1 N–H and O–H groups in total. The van der Waals surface area contributed by atoms with Crippen LogP contribution < -0.4 is 5.32 Å². The molecule has 0 fully saturated rings. The minimum absolute atomic E-state index is 0.535. The highest BCUT2D eigenvalue weighted by molar-refractivity contribution is 6.30. The summed E-state index contributed by atoms with van der Waals surface area (Å²) in [5.41, 5.74) is 1.30. The number of halogens is 1. The van der Waals surface area contributed by atoms with Gasteiger partial charge in [0, 0.05) is 18.7 Å². The fourth-order valence-corrected chi connectivity index (χ4v) is 2.52. The molecule has 2 unspecified atom stereocenters. The van der Waals surface area contributed by atoms with E-state index < -0.39 is 0 Å². The highest BCUT2D eigenvalue weighted by Crippen LogP contribution is 2.20. The second kappa shape index (κ2) is 9.35. The van der Waals surface area contributed by atoms with Gasteiger partial charge in [-0.25, -0.2) is 0 Å². The van der Waals surface area contributed by atoms with Crippen LogP contribution in [0, 0.1) is 11.8 Å². The Morgan fingerprint density at radius 1 is 1.37 bits per heavy atom. The molecule has 3 heteroatoms. The van der Waals surface area contributed by atoms with E-state index in [0.29, 0.717) is 11.8 Å². The molecule has 0 saturated carbocycles. The summed E-state index contributed by atoms with van der Waals surface area (Å²) >= 11 is 6.06. The molecule has 1 aromatic rings. The Balaban J connectivity index is 2.61. The van der Waals surface area contributed by atoms with Crippen LogP contribution in [0.1, 0.15) is 25.8 Å². The fraction of sp³-hybridized carbons (Fsp3) is 0.625. The van der Waals surface area contributed by atoms with Gasteiger partial charge < -0.3 is 10.1 Å². The first-order chi connectivity index (χ1) is 9.17. The van der Waals surface area contributed by atoms with Crippen LogP contribution in [0.2, 0.25) is 5.02 Å². The van der Waals surface area contributed by atoms with Crippen molar-refractivity contribution in [3.63, 3.8) is 0 Å². The monoisotopic (exact) mass is 283 g/mol. The topological polar surface area (TPSA) is 21.3 Å². The Labute approximate surface area is 122 Å². The van der Waals surface area contributed by atoms with E-state index in [2.05, 4.69) is 31.3 Å². The molecule has 2 nitrogen and oxygen atoms in total. The van der Waals surface area contributed by atoms with Crippen LogP contribution in [0.5, 0.6) is 0 Å². The van der Waals surface area contributed by atoms with Gasteiger partial charge >= 0.3 is 0 Å². The molecule has 1 aromatic carbocycles. The molecule has 19 heavy (non-hydrogen) atoms. The Morgan fingerprint density at radius 2 is 2.16 bits per heavy atom. The average molecular weight is 284 g/mol. The predicted octanol–water partition coefficient (Wildman–Crippen LogP) is 3.78. The van der Waals surface area contributed by atoms with Gasteiger partial charge in [-0.05, 0) is 55.5 Å². The molecule has 0 aromatic heterocycles. The normalized spacial score (nSPS) is 14.3. The molecular weight excluding hydrogens is 258 g/mol. The number of benzene rings is 1. The third-order valence-electron chi connectivity index (χ3n) is 3.45. The van der Waals surface area contributed by atoms with E-state index in [0.717, 1.165) is 31.1 Å². The summed E-state index contributed by atoms with van der Waals surface area (Å²) in [6.45, 7) is 7.36. The molecule has 0 aliphatic carbocycles. The number of methoxy groups -OCH3 is 1. The maximum atomic E-state index is 6.06. The number of hydrogen-bond acceptors (Lipinski definition) is 2. The van der Waals surface area contributed by atoms with E-state index in [4.69, 9.17) is 16.3 Å². The highest BCUT2D eigenvalue weighted by Gasteiger charge is 2.17. The Kier molecular flexibility index (Phi) is 8.11. The summed E-state index contributed by atoms with van der Waals surface area (Å²) in [4.78, 5) is 0. The van der Waals surface area contributed by atoms with Crippen molar-refractivity contribution in [2.45, 2.75) is 26.7 Å². The van der Waals surface area contributed by atoms with Gasteiger partial charge in [-0.3, -0.25) is 0 Å². The van der Waals surface area contributed by atoms with E-state index in [1.54, 1.807) is 7.11 Å². The van der Waals surface area contributed by atoms with E-state index in [9.17, 15) is 0 Å². The van der Waals surface area contributed by atoms with Crippen molar-refractivity contribution in [3.8, 4) is 0 Å². The first kappa shape index (κ1) is 16.5. The number of ether oxygens (including phenoxy) is 1. The van der Waals surface area contributed by atoms with Crippen molar-refractivity contribution in [1.29, 1.82) is 0 Å². The van der Waals surface area contributed by atoms with Gasteiger partial charge in [-0.1, -0.05) is 37.6 Å². The average Bonchev–Trinajstić information content (AvgIpc) is 2.38. The summed E-state index contributed by atoms with van der Waals surface area (Å²) in [5.74, 6) is 1.11. The van der Waals surface area contributed by atoms with Crippen molar-refractivity contribution in [2.75, 3.05) is 26.8 Å². The second-order valence-electron chi connectivity index (χ2n) is 5.23. The fourth-order valence-electron chi connectivity index (χ4n) is 2.30. The molecule has 0 saturated heterocycles. The molecule has 0 aliphatic rings. The van der Waals surface area contributed by atoms with Crippen LogP contribution in [0.25, 0.3) is 0 Å². The van der Waals surface area contributed by atoms with Gasteiger partial charge in [-0.2, -0.15) is 0 Å². The first-order valence-corrected chi connectivity index (χ1v) is 7.49. The molecule has 0 bridgehead atoms. The molecule has 2 atom stereocenters. The van der Waals surface area contributed by atoms with Gasteiger partial charge in [0.1, 0.15) is 0 Å². The Morgan fingerprint density at radius 3 is 2.79 bits per heavy atom. The molecule has 0 radical (unpaired) electrons. The summed E-state index contributed by atoms with van der Waals surface area (Å²) in [6.07, 6.45) is 2.21. The van der Waals surface area contributed by atoms with Crippen molar-refractivity contribution in [2.24, 2.45) is 11.8 Å². The smallest absolute Gasteiger partial charge is 0.0491 e. The van der Waals surface area contributed by atoms with Crippen molar-refractivity contribution >= 4 is 11.6 Å². The van der Waals surface area contributed by atoms with Gasteiger partial charge in [0.15, 0.2) is 0 Å². The minimum Gasteiger partial charge on any atom is -0.384 e. The standard InChI is InChI=1S/C16H26ClNO/c1-4-8-18-11-15(13(2)12-19-3)9-14-6-5-7-16(17)10-14/h5-7,10,13,15,18H,4,8-9,11-12H2,1-3H3. The SMILES string of the molecule is CCCNCC(Cc1cccc(Cl)c1)C(C)COC. The highest BCUT2D eigenvalue weighted by atomic mass is 35.5. The number of nitrogens with one attached hydrogen (secondary N) is 1. The van der Waals surface area contributed by atoms with Gasteiger partial charge in [-0.15, -0.1) is 0 Å². The molecular formula is C16H26ClNO. The first-order valence-electron chi connectivity index (χ1n) is 7.11. The third-order valence-corrected chi connectivity index (χ3v) is 3.69. The largest absolute Gasteiger partial charge is 0.384 e. The summed E-state index contributed by atoms with van der Waals surface area (Å²) in [5, 5.41) is 4.34. The van der Waals surface area contributed by atoms with Gasteiger partial charge in [0.2, 0.25) is 0 Å². The summed E-state index contributed by atoms with van der Waals surface area (Å²) in [6, 6.07) is 8.16. The van der Waals surface area contributed by atoms with E-state index in [1.807, 2.05) is 12.1 Å². The molecule has 0 aliphatic heterocycles. The maximum absolute atomic E-state index is 6.06. The van der Waals surface area contributed by atoms with Crippen LogP contribution in [0.3, 0.4) is 0 Å². The molecule has 0 heterocycles. The van der Waals surface area contributed by atoms with Crippen molar-refractivity contribution < 1.29 is 4.74 Å². The Bertz CT molecular complexity index is 356. The van der Waals surface area contributed by atoms with Crippen molar-refractivity contribution in [3.05, 3.63) is 34.9 Å². The minimum atomic E-state index is 0.535. The zero-order chi connectivity index (χ0) is 14.1. The van der Waals surface area contributed by atoms with Crippen LogP contribution in [0.15, 0.2) is 24.3 Å². The summed E-state index contributed by atoms with van der Waals surface area (Å²) < 4.78 is 5.30. The predicted molar refractivity (Wildman–Crippen MR) is 82.8 cm³/mol. The molecule has 0 amide bonds. The maximum Gasteiger partial charge on any atom is 0.0491 e. The van der Waals surface area contributed by atoms with E-state index >= 15 is 0 Å². The number of hydrogen-bond donors (Lipinski definition) is 1. The zero-order valence-electron chi connectivity index (χ0n) is 12.3. The second-order valence-corrected chi connectivity index (χ2v) is 5.67.